The Hall–Kier alpha value is -2.54. The van der Waals surface area contributed by atoms with E-state index in [0.717, 1.165) is 53.3 Å². The Balaban J connectivity index is 1.63. The molecule has 2 aliphatic rings. The predicted octanol–water partition coefficient (Wildman–Crippen LogP) is 4.45. The summed E-state index contributed by atoms with van der Waals surface area (Å²) in [5, 5.41) is 21.4. The molecule has 172 valence electrons. The SMILES string of the molecule is O=C1c2cc(Cc3ccc(Cl)nc3)c3cccnc3c2C(CC(O)CO)N1C1CCCCC1. The molecule has 2 N–H and O–H groups in total. The minimum atomic E-state index is -0.890. The van der Waals surface area contributed by atoms with Crippen LogP contribution in [0.4, 0.5) is 0 Å². The fourth-order valence-corrected chi connectivity index (χ4v) is 5.60. The summed E-state index contributed by atoms with van der Waals surface area (Å²) in [6, 6.07) is 9.52. The second-order valence-corrected chi connectivity index (χ2v) is 9.54. The molecule has 1 aliphatic carbocycles. The number of rotatable bonds is 6. The van der Waals surface area contributed by atoms with Gasteiger partial charge in [-0.15, -0.1) is 0 Å². The zero-order valence-corrected chi connectivity index (χ0v) is 19.2. The lowest BCUT2D eigenvalue weighted by Crippen LogP contribution is -2.40. The number of carbonyl (C=O) groups is 1. The van der Waals surface area contributed by atoms with E-state index in [4.69, 9.17) is 16.6 Å². The van der Waals surface area contributed by atoms with Crippen LogP contribution in [0.15, 0.2) is 42.7 Å². The Kier molecular flexibility index (Phi) is 6.32. The first-order valence-electron chi connectivity index (χ1n) is 11.7. The Bertz CT molecular complexity index is 1160. The van der Waals surface area contributed by atoms with Gasteiger partial charge < -0.3 is 15.1 Å². The van der Waals surface area contributed by atoms with Crippen LogP contribution in [0.25, 0.3) is 10.9 Å². The van der Waals surface area contributed by atoms with Gasteiger partial charge in [-0.3, -0.25) is 9.78 Å². The largest absolute Gasteiger partial charge is 0.394 e. The van der Waals surface area contributed by atoms with Gasteiger partial charge in [0.1, 0.15) is 5.15 Å². The number of nitrogens with zero attached hydrogens (tertiary/aromatic N) is 3. The molecular weight excluding hydrogens is 438 g/mol. The van der Waals surface area contributed by atoms with Crippen molar-refractivity contribution in [1.82, 2.24) is 14.9 Å². The van der Waals surface area contributed by atoms with Crippen molar-refractivity contribution in [2.24, 2.45) is 0 Å². The van der Waals surface area contributed by atoms with Crippen molar-refractivity contribution < 1.29 is 15.0 Å². The topological polar surface area (TPSA) is 86.5 Å². The van der Waals surface area contributed by atoms with Crippen molar-refractivity contribution in [1.29, 1.82) is 0 Å². The summed E-state index contributed by atoms with van der Waals surface area (Å²) in [6.45, 7) is -0.328. The monoisotopic (exact) mass is 465 g/mol. The Labute approximate surface area is 198 Å². The molecule has 33 heavy (non-hydrogen) atoms. The number of carbonyl (C=O) groups excluding carboxylic acids is 1. The Morgan fingerprint density at radius 3 is 2.70 bits per heavy atom. The summed E-state index contributed by atoms with van der Waals surface area (Å²) in [7, 11) is 0. The van der Waals surface area contributed by atoms with E-state index in [2.05, 4.69) is 4.98 Å². The molecule has 3 heterocycles. The van der Waals surface area contributed by atoms with Gasteiger partial charge in [0, 0.05) is 41.4 Å². The average Bonchev–Trinajstić information content (AvgIpc) is 3.12. The van der Waals surface area contributed by atoms with Gasteiger partial charge in [0.15, 0.2) is 0 Å². The van der Waals surface area contributed by atoms with Crippen molar-refractivity contribution >= 4 is 28.4 Å². The Morgan fingerprint density at radius 2 is 1.97 bits per heavy atom. The van der Waals surface area contributed by atoms with Gasteiger partial charge in [0.05, 0.1) is 24.3 Å². The molecule has 2 unspecified atom stereocenters. The number of pyridine rings is 2. The molecule has 1 saturated carbocycles. The summed E-state index contributed by atoms with van der Waals surface area (Å²) in [5.41, 5.74) is 4.37. The third-order valence-corrected chi connectivity index (χ3v) is 7.23. The maximum atomic E-state index is 13.8. The van der Waals surface area contributed by atoms with Gasteiger partial charge in [0.25, 0.3) is 5.91 Å². The lowest BCUT2D eigenvalue weighted by atomic mass is 9.90. The molecule has 1 aromatic carbocycles. The van der Waals surface area contributed by atoms with E-state index < -0.39 is 6.10 Å². The number of aliphatic hydroxyl groups is 2. The number of benzene rings is 1. The normalized spacial score (nSPS) is 19.8. The van der Waals surface area contributed by atoms with Crippen LogP contribution < -0.4 is 0 Å². The first kappa shape index (κ1) is 22.3. The fourth-order valence-electron chi connectivity index (χ4n) is 5.49. The maximum absolute atomic E-state index is 13.8. The maximum Gasteiger partial charge on any atom is 0.255 e. The van der Waals surface area contributed by atoms with Crippen LogP contribution in [-0.2, 0) is 6.42 Å². The molecule has 3 aromatic rings. The van der Waals surface area contributed by atoms with E-state index in [1.54, 1.807) is 18.5 Å². The number of halogens is 1. The van der Waals surface area contributed by atoms with E-state index in [1.807, 2.05) is 29.2 Å². The molecule has 7 heteroatoms. The number of aliphatic hydroxyl groups excluding tert-OH is 2. The molecule has 2 aromatic heterocycles. The molecule has 6 nitrogen and oxygen atoms in total. The highest BCUT2D eigenvalue weighted by molar-refractivity contribution is 6.29. The summed E-state index contributed by atoms with van der Waals surface area (Å²) in [5.74, 6) is 0.00933. The van der Waals surface area contributed by atoms with E-state index >= 15 is 0 Å². The summed E-state index contributed by atoms with van der Waals surface area (Å²) < 4.78 is 0. The lowest BCUT2D eigenvalue weighted by molar-refractivity contribution is 0.0343. The van der Waals surface area contributed by atoms with E-state index in [0.29, 0.717) is 23.6 Å². The number of hydrogen-bond donors (Lipinski definition) is 2. The van der Waals surface area contributed by atoms with Crippen molar-refractivity contribution in [3.63, 3.8) is 0 Å². The second-order valence-electron chi connectivity index (χ2n) is 9.15. The van der Waals surface area contributed by atoms with Crippen LogP contribution in [-0.4, -0.2) is 49.7 Å². The van der Waals surface area contributed by atoms with Crippen molar-refractivity contribution in [3.05, 3.63) is 70.1 Å². The molecule has 0 radical (unpaired) electrons. The quantitative estimate of drug-likeness (QED) is 0.525. The van der Waals surface area contributed by atoms with Crippen LogP contribution in [0.1, 0.15) is 71.6 Å². The van der Waals surface area contributed by atoms with Gasteiger partial charge in [-0.05, 0) is 48.6 Å². The molecule has 2 atom stereocenters. The van der Waals surface area contributed by atoms with Gasteiger partial charge in [-0.2, -0.15) is 0 Å². The average molecular weight is 466 g/mol. The van der Waals surface area contributed by atoms with Gasteiger partial charge in [0.2, 0.25) is 0 Å². The standard InChI is InChI=1S/C26H28ClN3O3/c27-23-9-8-16(14-29-23)11-17-12-21-24(25-20(17)7-4-10-28-25)22(13-19(32)15-31)30(26(21)33)18-5-2-1-3-6-18/h4,7-10,12,14,18-19,22,31-32H,1-3,5-6,11,13,15H2. The zero-order chi connectivity index (χ0) is 22.9. The van der Waals surface area contributed by atoms with E-state index in [9.17, 15) is 15.0 Å². The van der Waals surface area contributed by atoms with Crippen LogP contribution in [0.5, 0.6) is 0 Å². The van der Waals surface area contributed by atoms with Crippen molar-refractivity contribution in [2.75, 3.05) is 6.61 Å². The summed E-state index contributed by atoms with van der Waals surface area (Å²) in [4.78, 5) is 24.7. The van der Waals surface area contributed by atoms with Crippen LogP contribution in [0.3, 0.4) is 0 Å². The van der Waals surface area contributed by atoms with Crippen LogP contribution in [0, 0.1) is 0 Å². The number of aromatic nitrogens is 2. The molecule has 1 amide bonds. The molecule has 0 spiro atoms. The Morgan fingerprint density at radius 1 is 1.15 bits per heavy atom. The van der Waals surface area contributed by atoms with Crippen LogP contribution >= 0.6 is 11.6 Å². The predicted molar refractivity (Wildman–Crippen MR) is 127 cm³/mol. The first-order chi connectivity index (χ1) is 16.1. The number of hydrogen-bond acceptors (Lipinski definition) is 5. The van der Waals surface area contributed by atoms with E-state index in [-0.39, 0.29) is 24.6 Å². The van der Waals surface area contributed by atoms with Crippen molar-refractivity contribution in [2.45, 2.75) is 63.1 Å². The first-order valence-corrected chi connectivity index (χ1v) is 12.1. The minimum absolute atomic E-state index is 0.00933. The number of fused-ring (bicyclic) bond motifs is 3. The fraction of sp³-hybridized carbons (Fsp3) is 0.423. The zero-order valence-electron chi connectivity index (χ0n) is 18.5. The van der Waals surface area contributed by atoms with Gasteiger partial charge in [-0.25, -0.2) is 4.98 Å². The molecule has 0 bridgehead atoms. The molecule has 1 aliphatic heterocycles. The smallest absolute Gasteiger partial charge is 0.255 e. The van der Waals surface area contributed by atoms with E-state index in [1.165, 1.54) is 6.42 Å². The summed E-state index contributed by atoms with van der Waals surface area (Å²) in [6.07, 6.45) is 8.88. The molecule has 0 saturated heterocycles. The highest BCUT2D eigenvalue weighted by Gasteiger charge is 2.43. The molecular formula is C26H28ClN3O3. The highest BCUT2D eigenvalue weighted by atomic mass is 35.5. The third-order valence-electron chi connectivity index (χ3n) is 7.01. The highest BCUT2D eigenvalue weighted by Crippen LogP contribution is 2.45. The van der Waals surface area contributed by atoms with Crippen molar-refractivity contribution in [3.8, 4) is 0 Å². The molecule has 5 rings (SSSR count). The van der Waals surface area contributed by atoms with Gasteiger partial charge in [-0.1, -0.05) is 43.0 Å². The number of amides is 1. The molecule has 1 fully saturated rings. The van der Waals surface area contributed by atoms with Crippen LogP contribution in [0.2, 0.25) is 5.15 Å². The minimum Gasteiger partial charge on any atom is -0.394 e. The lowest BCUT2D eigenvalue weighted by Gasteiger charge is -2.36. The van der Waals surface area contributed by atoms with Gasteiger partial charge >= 0.3 is 0 Å². The third kappa shape index (κ3) is 4.23. The second kappa shape index (κ2) is 9.37. The summed E-state index contributed by atoms with van der Waals surface area (Å²) >= 11 is 5.96.